The summed E-state index contributed by atoms with van der Waals surface area (Å²) in [5.74, 6) is -1.12. The van der Waals surface area contributed by atoms with E-state index >= 15 is 0 Å². The molecule has 3 aliphatic rings. The normalized spacial score (nSPS) is 23.2. The highest BCUT2D eigenvalue weighted by Crippen LogP contribution is 2.55. The van der Waals surface area contributed by atoms with Gasteiger partial charge in [-0.25, -0.2) is 14.5 Å². The van der Waals surface area contributed by atoms with Gasteiger partial charge in [0.25, 0.3) is 0 Å². The van der Waals surface area contributed by atoms with Gasteiger partial charge in [-0.15, -0.1) is 0 Å². The van der Waals surface area contributed by atoms with Gasteiger partial charge in [-0.3, -0.25) is 9.69 Å². The molecule has 5 rings (SSSR count). The SMILES string of the molecule is CC(C)(C)OC(=O)N1[C@H](C(C(=O)N2C(=O)OC[C@H]2Cc2ccccc2)c2ccc(Cl)cc2)CCC12CC2. The highest BCUT2D eigenvalue weighted by Gasteiger charge is 2.60. The molecule has 2 heterocycles. The lowest BCUT2D eigenvalue weighted by Crippen LogP contribution is -2.52. The van der Waals surface area contributed by atoms with E-state index < -0.39 is 35.8 Å². The van der Waals surface area contributed by atoms with E-state index in [-0.39, 0.29) is 18.1 Å². The molecule has 1 saturated carbocycles. The van der Waals surface area contributed by atoms with Crippen molar-refractivity contribution in [2.24, 2.45) is 0 Å². The molecule has 0 N–H and O–H groups in total. The number of carbonyl (C=O) groups excluding carboxylic acids is 3. The summed E-state index contributed by atoms with van der Waals surface area (Å²) >= 11 is 6.17. The van der Waals surface area contributed by atoms with Crippen molar-refractivity contribution in [3.05, 3.63) is 70.7 Å². The third kappa shape index (κ3) is 5.19. The summed E-state index contributed by atoms with van der Waals surface area (Å²) < 4.78 is 11.2. The summed E-state index contributed by atoms with van der Waals surface area (Å²) in [4.78, 5) is 43.8. The maximum absolute atomic E-state index is 14.3. The number of nitrogens with zero attached hydrogens (tertiary/aromatic N) is 2. The minimum atomic E-state index is -0.756. The monoisotopic (exact) mass is 524 g/mol. The van der Waals surface area contributed by atoms with Crippen LogP contribution in [0.2, 0.25) is 5.02 Å². The van der Waals surface area contributed by atoms with Crippen molar-refractivity contribution in [1.29, 1.82) is 0 Å². The Morgan fingerprint density at radius 1 is 1.08 bits per heavy atom. The van der Waals surface area contributed by atoms with Crippen molar-refractivity contribution in [2.45, 2.75) is 82.0 Å². The Bertz CT molecular complexity index is 1170. The first-order valence-electron chi connectivity index (χ1n) is 12.9. The van der Waals surface area contributed by atoms with E-state index in [1.807, 2.05) is 63.2 Å². The topological polar surface area (TPSA) is 76.2 Å². The third-order valence-electron chi connectivity index (χ3n) is 7.56. The average Bonchev–Trinajstić information content (AvgIpc) is 3.38. The highest BCUT2D eigenvalue weighted by atomic mass is 35.5. The van der Waals surface area contributed by atoms with Crippen LogP contribution in [0.25, 0.3) is 0 Å². The number of ether oxygens (including phenoxy) is 2. The standard InChI is InChI=1S/C29H33ClN2O5/c1-28(2,3)37-27(35)32-23(13-14-29(32)15-16-29)24(20-9-11-21(30)12-10-20)25(33)31-22(18-36-26(31)34)17-19-7-5-4-6-8-19/h4-12,22-24H,13-18H2,1-3H3/t22-,23+,24?/m1/s1. The van der Waals surface area contributed by atoms with Crippen LogP contribution in [0.3, 0.4) is 0 Å². The van der Waals surface area contributed by atoms with E-state index in [4.69, 9.17) is 21.1 Å². The Balaban J connectivity index is 1.51. The molecule has 196 valence electrons. The van der Waals surface area contributed by atoms with Crippen molar-refractivity contribution in [2.75, 3.05) is 6.61 Å². The zero-order valence-electron chi connectivity index (χ0n) is 21.5. The van der Waals surface area contributed by atoms with Crippen LogP contribution in [0.4, 0.5) is 9.59 Å². The number of carbonyl (C=O) groups is 3. The lowest BCUT2D eigenvalue weighted by atomic mass is 9.88. The molecule has 0 aromatic heterocycles. The van der Waals surface area contributed by atoms with E-state index in [2.05, 4.69) is 0 Å². The number of benzene rings is 2. The highest BCUT2D eigenvalue weighted by molar-refractivity contribution is 6.30. The van der Waals surface area contributed by atoms with Gasteiger partial charge in [0.05, 0.1) is 18.0 Å². The molecule has 1 unspecified atom stereocenters. The molecular formula is C29H33ClN2O5. The number of cyclic esters (lactones) is 1. The maximum Gasteiger partial charge on any atom is 0.417 e. The van der Waals surface area contributed by atoms with E-state index in [0.29, 0.717) is 23.4 Å². The summed E-state index contributed by atoms with van der Waals surface area (Å²) in [6, 6.07) is 16.0. The van der Waals surface area contributed by atoms with E-state index in [0.717, 1.165) is 24.8 Å². The zero-order chi connectivity index (χ0) is 26.4. The van der Waals surface area contributed by atoms with Crippen LogP contribution in [0.5, 0.6) is 0 Å². The molecule has 0 bridgehead atoms. The van der Waals surface area contributed by atoms with Crippen molar-refractivity contribution in [3.8, 4) is 0 Å². The van der Waals surface area contributed by atoms with Crippen LogP contribution >= 0.6 is 11.6 Å². The molecule has 8 heteroatoms. The lowest BCUT2D eigenvalue weighted by Gasteiger charge is -2.37. The number of hydrogen-bond donors (Lipinski definition) is 0. The first-order chi connectivity index (χ1) is 17.6. The summed E-state index contributed by atoms with van der Waals surface area (Å²) in [6.07, 6.45) is 2.64. The van der Waals surface area contributed by atoms with Crippen molar-refractivity contribution < 1.29 is 23.9 Å². The minimum absolute atomic E-state index is 0.136. The van der Waals surface area contributed by atoms with Gasteiger partial charge in [0.2, 0.25) is 5.91 Å². The molecule has 3 atom stereocenters. The molecule has 0 radical (unpaired) electrons. The first kappa shape index (κ1) is 25.6. The first-order valence-corrected chi connectivity index (χ1v) is 13.3. The summed E-state index contributed by atoms with van der Waals surface area (Å²) in [6.45, 7) is 5.65. The van der Waals surface area contributed by atoms with Gasteiger partial charge in [-0.05, 0) is 76.1 Å². The fourth-order valence-corrected chi connectivity index (χ4v) is 5.85. The van der Waals surface area contributed by atoms with Crippen molar-refractivity contribution in [3.63, 3.8) is 0 Å². The number of hydrogen-bond acceptors (Lipinski definition) is 5. The van der Waals surface area contributed by atoms with Gasteiger partial charge in [0.15, 0.2) is 0 Å². The lowest BCUT2D eigenvalue weighted by molar-refractivity contribution is -0.132. The van der Waals surface area contributed by atoms with Crippen LogP contribution in [-0.4, -0.2) is 57.7 Å². The van der Waals surface area contributed by atoms with Gasteiger partial charge >= 0.3 is 12.2 Å². The molecule has 7 nitrogen and oxygen atoms in total. The molecule has 1 aliphatic carbocycles. The Morgan fingerprint density at radius 2 is 1.76 bits per heavy atom. The quantitative estimate of drug-likeness (QED) is 0.483. The van der Waals surface area contributed by atoms with Crippen LogP contribution in [0.1, 0.15) is 63.5 Å². The van der Waals surface area contributed by atoms with Crippen LogP contribution in [-0.2, 0) is 20.7 Å². The number of amides is 3. The molecule has 2 aliphatic heterocycles. The second kappa shape index (κ2) is 9.67. The van der Waals surface area contributed by atoms with Gasteiger partial charge in [0.1, 0.15) is 12.2 Å². The van der Waals surface area contributed by atoms with Crippen molar-refractivity contribution in [1.82, 2.24) is 9.80 Å². The predicted octanol–water partition coefficient (Wildman–Crippen LogP) is 5.95. The Labute approximate surface area is 222 Å². The smallest absolute Gasteiger partial charge is 0.417 e. The molecular weight excluding hydrogens is 492 g/mol. The van der Waals surface area contributed by atoms with E-state index in [1.54, 1.807) is 17.0 Å². The largest absolute Gasteiger partial charge is 0.447 e. The second-order valence-electron chi connectivity index (χ2n) is 11.3. The second-order valence-corrected chi connectivity index (χ2v) is 11.8. The number of likely N-dealkylation sites (tertiary alicyclic amines) is 1. The van der Waals surface area contributed by atoms with Crippen LogP contribution in [0.15, 0.2) is 54.6 Å². The number of imide groups is 1. The van der Waals surface area contributed by atoms with Gasteiger partial charge in [-0.1, -0.05) is 54.1 Å². The summed E-state index contributed by atoms with van der Waals surface area (Å²) in [5, 5.41) is 0.548. The molecule has 1 spiro atoms. The minimum Gasteiger partial charge on any atom is -0.447 e. The maximum atomic E-state index is 14.3. The van der Waals surface area contributed by atoms with Crippen LogP contribution < -0.4 is 0 Å². The predicted molar refractivity (Wildman–Crippen MR) is 139 cm³/mol. The van der Waals surface area contributed by atoms with Crippen LogP contribution in [0, 0.1) is 0 Å². The van der Waals surface area contributed by atoms with Gasteiger partial charge < -0.3 is 9.47 Å². The summed E-state index contributed by atoms with van der Waals surface area (Å²) in [7, 11) is 0. The van der Waals surface area contributed by atoms with Gasteiger partial charge in [-0.2, -0.15) is 0 Å². The molecule has 37 heavy (non-hydrogen) atoms. The molecule has 3 fully saturated rings. The Hall–Kier alpha value is -3.06. The molecule has 2 aromatic rings. The fourth-order valence-electron chi connectivity index (χ4n) is 5.73. The zero-order valence-corrected chi connectivity index (χ0v) is 22.2. The molecule has 2 aromatic carbocycles. The van der Waals surface area contributed by atoms with E-state index in [9.17, 15) is 14.4 Å². The van der Waals surface area contributed by atoms with Gasteiger partial charge in [0, 0.05) is 10.6 Å². The molecule has 2 saturated heterocycles. The van der Waals surface area contributed by atoms with E-state index in [1.165, 1.54) is 4.90 Å². The average molecular weight is 525 g/mol. The fraction of sp³-hybridized carbons (Fsp3) is 0.483. The van der Waals surface area contributed by atoms with Crippen molar-refractivity contribution >= 4 is 29.7 Å². The molecule has 3 amide bonds. The summed E-state index contributed by atoms with van der Waals surface area (Å²) in [5.41, 5.74) is 0.774. The number of halogens is 1. The Morgan fingerprint density at radius 3 is 2.38 bits per heavy atom. The number of rotatable bonds is 5. The Kier molecular flexibility index (Phi) is 6.69. The third-order valence-corrected chi connectivity index (χ3v) is 7.81.